The zero-order valence-corrected chi connectivity index (χ0v) is 18.7. The Morgan fingerprint density at radius 3 is 2.70 bits per heavy atom. The van der Waals surface area contributed by atoms with E-state index in [1.807, 2.05) is 42.8 Å². The van der Waals surface area contributed by atoms with Crippen molar-refractivity contribution in [2.45, 2.75) is 13.3 Å². The molecule has 3 aromatic heterocycles. The number of carbonyl (C=O) groups is 1. The Morgan fingerprint density at radius 2 is 1.94 bits per heavy atom. The zero-order chi connectivity index (χ0) is 22.8. The molecule has 0 saturated carbocycles. The lowest BCUT2D eigenvalue weighted by Crippen LogP contribution is -2.37. The van der Waals surface area contributed by atoms with Gasteiger partial charge in [-0.3, -0.25) is 9.78 Å². The van der Waals surface area contributed by atoms with Crippen LogP contribution in [0.4, 0.5) is 17.5 Å². The molecule has 0 spiro atoms. The van der Waals surface area contributed by atoms with Gasteiger partial charge in [0.2, 0.25) is 5.95 Å². The number of ether oxygens (including phenoxy) is 1. The minimum atomic E-state index is 0.0195. The second-order valence-electron chi connectivity index (χ2n) is 7.93. The number of hydrogen-bond donors (Lipinski definition) is 1. The van der Waals surface area contributed by atoms with Crippen LogP contribution in [0.5, 0.6) is 0 Å². The number of imidazole rings is 1. The molecule has 1 aliphatic heterocycles. The molecule has 0 atom stereocenters. The molecule has 4 heterocycles. The number of hydrogen-bond acceptors (Lipinski definition) is 8. The van der Waals surface area contributed by atoms with Crippen molar-refractivity contribution in [3.8, 4) is 11.3 Å². The number of pyridine rings is 1. The van der Waals surface area contributed by atoms with Gasteiger partial charge in [0.1, 0.15) is 11.5 Å². The van der Waals surface area contributed by atoms with Gasteiger partial charge in [-0.2, -0.15) is 4.98 Å². The standard InChI is InChI=1S/C24H25N7O2/c1-3-22(32)19-7-5-17(14-25-19)27-23-13-20(28-24(29-23)31-8-10-33-11-9-31)16-4-6-18-21(12-16)30(2)15-26-18/h4-7,12-15H,3,8-11H2,1-2H3,(H,27,28,29). The van der Waals surface area contributed by atoms with E-state index in [1.54, 1.807) is 18.6 Å². The highest BCUT2D eigenvalue weighted by molar-refractivity contribution is 5.94. The lowest BCUT2D eigenvalue weighted by atomic mass is 10.1. The van der Waals surface area contributed by atoms with Crippen LogP contribution in [0.15, 0.2) is 48.9 Å². The van der Waals surface area contributed by atoms with Crippen LogP contribution in [0.25, 0.3) is 22.3 Å². The molecule has 0 aliphatic carbocycles. The molecule has 0 bridgehead atoms. The highest BCUT2D eigenvalue weighted by Crippen LogP contribution is 2.27. The van der Waals surface area contributed by atoms with Crippen molar-refractivity contribution < 1.29 is 9.53 Å². The van der Waals surface area contributed by atoms with Crippen LogP contribution in [0.3, 0.4) is 0 Å². The molecule has 1 saturated heterocycles. The molecule has 168 valence electrons. The van der Waals surface area contributed by atoms with Crippen LogP contribution in [0.1, 0.15) is 23.8 Å². The monoisotopic (exact) mass is 443 g/mol. The van der Waals surface area contributed by atoms with E-state index in [4.69, 9.17) is 14.7 Å². The van der Waals surface area contributed by atoms with Gasteiger partial charge >= 0.3 is 0 Å². The number of carbonyl (C=O) groups excluding carboxylic acids is 1. The number of benzene rings is 1. The molecule has 9 nitrogen and oxygen atoms in total. The minimum absolute atomic E-state index is 0.0195. The third-order valence-electron chi connectivity index (χ3n) is 5.67. The molecule has 1 aromatic carbocycles. The summed E-state index contributed by atoms with van der Waals surface area (Å²) in [6, 6.07) is 11.6. The fourth-order valence-electron chi connectivity index (χ4n) is 3.80. The van der Waals surface area contributed by atoms with Crippen LogP contribution in [-0.4, -0.2) is 56.6 Å². The predicted octanol–water partition coefficient (Wildman–Crippen LogP) is 3.60. The number of nitrogens with one attached hydrogen (secondary N) is 1. The summed E-state index contributed by atoms with van der Waals surface area (Å²) in [6.45, 7) is 4.59. The molecule has 0 amide bonds. The Kier molecular flexibility index (Phi) is 5.70. The van der Waals surface area contributed by atoms with E-state index >= 15 is 0 Å². The summed E-state index contributed by atoms with van der Waals surface area (Å²) >= 11 is 0. The Balaban J connectivity index is 1.52. The minimum Gasteiger partial charge on any atom is -0.378 e. The van der Waals surface area contributed by atoms with Gasteiger partial charge in [-0.25, -0.2) is 9.97 Å². The Hall–Kier alpha value is -3.85. The van der Waals surface area contributed by atoms with Crippen molar-refractivity contribution in [3.63, 3.8) is 0 Å². The largest absolute Gasteiger partial charge is 0.378 e. The van der Waals surface area contributed by atoms with Gasteiger partial charge in [0.15, 0.2) is 5.78 Å². The number of ketones is 1. The van der Waals surface area contributed by atoms with Crippen molar-refractivity contribution in [2.24, 2.45) is 7.05 Å². The normalized spacial score (nSPS) is 13.9. The average molecular weight is 444 g/mol. The van der Waals surface area contributed by atoms with Gasteiger partial charge in [-0.05, 0) is 24.3 Å². The van der Waals surface area contributed by atoms with Crippen molar-refractivity contribution >= 4 is 34.3 Å². The summed E-state index contributed by atoms with van der Waals surface area (Å²) in [5.74, 6) is 1.32. The highest BCUT2D eigenvalue weighted by atomic mass is 16.5. The number of fused-ring (bicyclic) bond motifs is 1. The van der Waals surface area contributed by atoms with Gasteiger partial charge < -0.3 is 19.5 Å². The van der Waals surface area contributed by atoms with Gasteiger partial charge in [-0.1, -0.05) is 13.0 Å². The predicted molar refractivity (Wildman–Crippen MR) is 127 cm³/mol. The molecule has 9 heteroatoms. The van der Waals surface area contributed by atoms with Crippen LogP contribution >= 0.6 is 0 Å². The van der Waals surface area contributed by atoms with Crippen molar-refractivity contribution in [2.75, 3.05) is 36.5 Å². The van der Waals surface area contributed by atoms with Crippen molar-refractivity contribution in [1.82, 2.24) is 24.5 Å². The van der Waals surface area contributed by atoms with E-state index in [-0.39, 0.29) is 5.78 Å². The SMILES string of the molecule is CCC(=O)c1ccc(Nc2cc(-c3ccc4ncn(C)c4c3)nc(N3CCOCC3)n2)cn1. The number of aryl methyl sites for hydroxylation is 1. The maximum absolute atomic E-state index is 11.9. The Labute approximate surface area is 191 Å². The number of aromatic nitrogens is 5. The molecular weight excluding hydrogens is 418 g/mol. The van der Waals surface area contributed by atoms with Gasteiger partial charge in [0.05, 0.1) is 48.2 Å². The van der Waals surface area contributed by atoms with E-state index in [2.05, 4.69) is 26.3 Å². The summed E-state index contributed by atoms with van der Waals surface area (Å²) < 4.78 is 7.49. The maximum Gasteiger partial charge on any atom is 0.228 e. The van der Waals surface area contributed by atoms with Gasteiger partial charge in [-0.15, -0.1) is 0 Å². The molecule has 0 radical (unpaired) electrons. The number of rotatable bonds is 6. The summed E-state index contributed by atoms with van der Waals surface area (Å²) in [4.78, 5) is 32.3. The highest BCUT2D eigenvalue weighted by Gasteiger charge is 2.17. The molecule has 0 unspecified atom stereocenters. The van der Waals surface area contributed by atoms with Crippen LogP contribution < -0.4 is 10.2 Å². The molecule has 1 aliphatic rings. The summed E-state index contributed by atoms with van der Waals surface area (Å²) in [7, 11) is 1.98. The van der Waals surface area contributed by atoms with E-state index in [9.17, 15) is 4.79 Å². The quantitative estimate of drug-likeness (QED) is 0.452. The van der Waals surface area contributed by atoms with Crippen molar-refractivity contribution in [1.29, 1.82) is 0 Å². The smallest absolute Gasteiger partial charge is 0.228 e. The maximum atomic E-state index is 11.9. The van der Waals surface area contributed by atoms with Crippen molar-refractivity contribution in [3.05, 3.63) is 54.6 Å². The zero-order valence-electron chi connectivity index (χ0n) is 18.7. The topological polar surface area (TPSA) is 98.1 Å². The Bertz CT molecular complexity index is 1290. The molecule has 33 heavy (non-hydrogen) atoms. The lowest BCUT2D eigenvalue weighted by molar-refractivity contribution is 0.0983. The number of nitrogens with zero attached hydrogens (tertiary/aromatic N) is 6. The first kappa shape index (κ1) is 21.0. The van der Waals surface area contributed by atoms with E-state index in [0.717, 1.165) is 41.1 Å². The molecule has 4 aromatic rings. The Morgan fingerprint density at radius 1 is 1.09 bits per heavy atom. The van der Waals surface area contributed by atoms with Crippen LogP contribution in [0.2, 0.25) is 0 Å². The second-order valence-corrected chi connectivity index (χ2v) is 7.93. The number of Topliss-reactive ketones (excluding diaryl/α,β-unsaturated/α-hetero) is 1. The lowest BCUT2D eigenvalue weighted by Gasteiger charge is -2.27. The second kappa shape index (κ2) is 8.95. The van der Waals surface area contributed by atoms with E-state index in [0.29, 0.717) is 37.1 Å². The van der Waals surface area contributed by atoms with Crippen LogP contribution in [-0.2, 0) is 11.8 Å². The van der Waals surface area contributed by atoms with Gasteiger partial charge in [0, 0.05) is 38.2 Å². The fraction of sp³-hybridized carbons (Fsp3) is 0.292. The summed E-state index contributed by atoms with van der Waals surface area (Å²) in [6.07, 6.45) is 3.89. The third kappa shape index (κ3) is 4.40. The first-order chi connectivity index (χ1) is 16.1. The summed E-state index contributed by atoms with van der Waals surface area (Å²) in [5.41, 5.74) is 4.98. The van der Waals surface area contributed by atoms with E-state index < -0.39 is 0 Å². The van der Waals surface area contributed by atoms with Crippen LogP contribution in [0, 0.1) is 0 Å². The molecule has 5 rings (SSSR count). The summed E-state index contributed by atoms with van der Waals surface area (Å²) in [5, 5.41) is 3.32. The van der Waals surface area contributed by atoms with Gasteiger partial charge in [0.25, 0.3) is 0 Å². The first-order valence-electron chi connectivity index (χ1n) is 11.0. The van der Waals surface area contributed by atoms with E-state index in [1.165, 1.54) is 0 Å². The fourth-order valence-corrected chi connectivity index (χ4v) is 3.80. The average Bonchev–Trinajstić information content (AvgIpc) is 3.24. The first-order valence-corrected chi connectivity index (χ1v) is 11.0. The molecule has 1 fully saturated rings. The molecule has 1 N–H and O–H groups in total. The third-order valence-corrected chi connectivity index (χ3v) is 5.67. The number of anilines is 3. The molecular formula is C24H25N7O2. The number of morpholine rings is 1.